The molecule has 0 aromatic carbocycles. The van der Waals surface area contributed by atoms with Crippen LogP contribution in [0.3, 0.4) is 0 Å². The van der Waals surface area contributed by atoms with Crippen LogP contribution < -0.4 is 10.6 Å². The van der Waals surface area contributed by atoms with Crippen molar-refractivity contribution in [1.29, 1.82) is 0 Å². The van der Waals surface area contributed by atoms with Crippen LogP contribution in [-0.2, 0) is 6.18 Å². The zero-order valence-corrected chi connectivity index (χ0v) is 12.9. The molecule has 4 nitrogen and oxygen atoms in total. The topological polar surface area (TPSA) is 45.4 Å². The van der Waals surface area contributed by atoms with Crippen molar-refractivity contribution in [3.8, 4) is 0 Å². The van der Waals surface area contributed by atoms with Crippen LogP contribution in [0.4, 0.5) is 24.5 Å². The minimum Gasteiger partial charge on any atom is -0.396 e. The number of pyridine rings is 1. The van der Waals surface area contributed by atoms with Crippen molar-refractivity contribution in [2.24, 2.45) is 5.92 Å². The summed E-state index contributed by atoms with van der Waals surface area (Å²) in [4.78, 5) is 7.25. The van der Waals surface area contributed by atoms with Crippen LogP contribution in [0.25, 0.3) is 0 Å². The van der Waals surface area contributed by atoms with Crippen LogP contribution >= 0.6 is 0 Å². The van der Waals surface area contributed by atoms with Gasteiger partial charge in [-0.15, -0.1) is 0 Å². The Bertz CT molecular complexity index is 458. The second-order valence-electron chi connectivity index (χ2n) is 5.77. The number of nitrogens with two attached hydrogens (primary N) is 1. The first kappa shape index (κ1) is 17.6. The summed E-state index contributed by atoms with van der Waals surface area (Å²) in [5.74, 6) is 0.314. The molecule has 2 N–H and O–H groups in total. The maximum Gasteiger partial charge on any atom is 0.433 e. The van der Waals surface area contributed by atoms with Gasteiger partial charge in [0.25, 0.3) is 0 Å². The Morgan fingerprint density at radius 1 is 1.24 bits per heavy atom. The predicted octanol–water partition coefficient (Wildman–Crippen LogP) is 2.71. The second kappa shape index (κ2) is 6.98. The fourth-order valence-corrected chi connectivity index (χ4v) is 1.96. The van der Waals surface area contributed by atoms with Crippen LogP contribution in [0, 0.1) is 5.92 Å². The second-order valence-corrected chi connectivity index (χ2v) is 5.77. The summed E-state index contributed by atoms with van der Waals surface area (Å²) >= 11 is 0. The van der Waals surface area contributed by atoms with Crippen molar-refractivity contribution < 1.29 is 13.2 Å². The quantitative estimate of drug-likeness (QED) is 0.878. The predicted molar refractivity (Wildman–Crippen MR) is 79.3 cm³/mol. The lowest BCUT2D eigenvalue weighted by Crippen LogP contribution is -2.35. The van der Waals surface area contributed by atoms with E-state index in [1.54, 1.807) is 0 Å². The summed E-state index contributed by atoms with van der Waals surface area (Å²) < 4.78 is 38.4. The monoisotopic (exact) mass is 304 g/mol. The molecule has 1 rings (SSSR count). The zero-order chi connectivity index (χ0) is 16.2. The molecule has 0 saturated heterocycles. The fraction of sp³-hybridized carbons (Fsp3) is 0.643. The van der Waals surface area contributed by atoms with Crippen molar-refractivity contribution in [2.45, 2.75) is 20.0 Å². The first-order valence-corrected chi connectivity index (χ1v) is 6.83. The summed E-state index contributed by atoms with van der Waals surface area (Å²) in [6.45, 7) is 6.02. The van der Waals surface area contributed by atoms with Gasteiger partial charge in [-0.3, -0.25) is 0 Å². The highest BCUT2D eigenvalue weighted by Crippen LogP contribution is 2.32. The maximum atomic E-state index is 12.8. The third-order valence-corrected chi connectivity index (χ3v) is 2.95. The van der Waals surface area contributed by atoms with E-state index in [1.807, 2.05) is 37.7 Å². The van der Waals surface area contributed by atoms with Gasteiger partial charge in [-0.1, -0.05) is 13.8 Å². The summed E-state index contributed by atoms with van der Waals surface area (Å²) in [7, 11) is 3.84. The fourth-order valence-electron chi connectivity index (χ4n) is 1.96. The zero-order valence-electron chi connectivity index (χ0n) is 12.9. The van der Waals surface area contributed by atoms with Gasteiger partial charge in [0.2, 0.25) is 0 Å². The molecule has 0 amide bonds. The Morgan fingerprint density at radius 2 is 1.86 bits per heavy atom. The maximum absolute atomic E-state index is 12.8. The van der Waals surface area contributed by atoms with Gasteiger partial charge in [0.15, 0.2) is 0 Å². The van der Waals surface area contributed by atoms with E-state index >= 15 is 0 Å². The molecule has 1 heterocycles. The minimum atomic E-state index is -4.46. The number of likely N-dealkylation sites (N-methyl/N-ethyl adjacent to an activating group) is 1. The van der Waals surface area contributed by atoms with E-state index in [4.69, 9.17) is 5.73 Å². The first-order valence-electron chi connectivity index (χ1n) is 6.83. The molecule has 1 aromatic rings. The van der Waals surface area contributed by atoms with Crippen molar-refractivity contribution in [3.63, 3.8) is 0 Å². The number of anilines is 2. The highest BCUT2D eigenvalue weighted by molar-refractivity contribution is 5.67. The summed E-state index contributed by atoms with van der Waals surface area (Å²) in [6, 6.07) is 1.04. The minimum absolute atomic E-state index is 0.266. The highest BCUT2D eigenvalue weighted by atomic mass is 19.4. The SMILES string of the molecule is CC(C)CN(CCN(C)C)c1cc(C(F)(F)F)ncc1N. The summed E-state index contributed by atoms with van der Waals surface area (Å²) in [5, 5.41) is 0. The number of aromatic nitrogens is 1. The van der Waals surface area contributed by atoms with E-state index in [9.17, 15) is 13.2 Å². The number of hydrogen-bond donors (Lipinski definition) is 1. The molecule has 0 aliphatic rings. The van der Waals surface area contributed by atoms with Crippen LogP contribution in [0.1, 0.15) is 19.5 Å². The summed E-state index contributed by atoms with van der Waals surface area (Å²) in [5.41, 5.74) is 5.58. The molecular weight excluding hydrogens is 281 g/mol. The number of alkyl halides is 3. The number of rotatable bonds is 6. The first-order chi connectivity index (χ1) is 9.61. The van der Waals surface area contributed by atoms with Crippen LogP contribution in [-0.4, -0.2) is 43.6 Å². The molecular formula is C14H23F3N4. The number of hydrogen-bond acceptors (Lipinski definition) is 4. The Hall–Kier alpha value is -1.50. The largest absolute Gasteiger partial charge is 0.433 e. The molecule has 7 heteroatoms. The van der Waals surface area contributed by atoms with Gasteiger partial charge in [0, 0.05) is 19.6 Å². The van der Waals surface area contributed by atoms with E-state index in [1.165, 1.54) is 0 Å². The molecule has 0 saturated carbocycles. The molecule has 0 unspecified atom stereocenters. The lowest BCUT2D eigenvalue weighted by Gasteiger charge is -2.29. The molecule has 120 valence electrons. The Morgan fingerprint density at radius 3 is 2.33 bits per heavy atom. The van der Waals surface area contributed by atoms with Crippen LogP contribution in [0.5, 0.6) is 0 Å². The van der Waals surface area contributed by atoms with Crippen molar-refractivity contribution in [3.05, 3.63) is 18.0 Å². The molecule has 0 spiro atoms. The van der Waals surface area contributed by atoms with E-state index in [0.717, 1.165) is 18.8 Å². The standard InChI is InChI=1S/C14H23F3N4/c1-10(2)9-21(6-5-20(3)4)12-7-13(14(15,16)17)19-8-11(12)18/h7-8,10H,5-6,9,18H2,1-4H3. The molecule has 0 fully saturated rings. The van der Waals surface area contributed by atoms with Crippen molar-refractivity contribution in [1.82, 2.24) is 9.88 Å². The van der Waals surface area contributed by atoms with E-state index in [2.05, 4.69) is 4.98 Å². The van der Waals surface area contributed by atoms with E-state index < -0.39 is 11.9 Å². The average molecular weight is 304 g/mol. The summed E-state index contributed by atoms with van der Waals surface area (Å²) in [6.07, 6.45) is -3.38. The highest BCUT2D eigenvalue weighted by Gasteiger charge is 2.33. The number of nitrogens with zero attached hydrogens (tertiary/aromatic N) is 3. The van der Waals surface area contributed by atoms with E-state index in [0.29, 0.717) is 24.7 Å². The molecule has 0 aliphatic heterocycles. The molecule has 0 bridgehead atoms. The molecule has 0 atom stereocenters. The lowest BCUT2D eigenvalue weighted by molar-refractivity contribution is -0.141. The van der Waals surface area contributed by atoms with Gasteiger partial charge in [0.05, 0.1) is 17.6 Å². The average Bonchev–Trinajstić information content (AvgIpc) is 2.33. The van der Waals surface area contributed by atoms with Gasteiger partial charge in [-0.2, -0.15) is 13.2 Å². The van der Waals surface area contributed by atoms with Crippen LogP contribution in [0.15, 0.2) is 12.3 Å². The number of nitrogen functional groups attached to an aromatic ring is 1. The Balaban J connectivity index is 3.10. The van der Waals surface area contributed by atoms with Gasteiger partial charge >= 0.3 is 6.18 Å². The third kappa shape index (κ3) is 5.41. The lowest BCUT2D eigenvalue weighted by atomic mass is 10.1. The van der Waals surface area contributed by atoms with Gasteiger partial charge in [-0.05, 0) is 26.1 Å². The van der Waals surface area contributed by atoms with Gasteiger partial charge in [-0.25, -0.2) is 4.98 Å². The Kier molecular flexibility index (Phi) is 5.83. The molecule has 0 aliphatic carbocycles. The van der Waals surface area contributed by atoms with Gasteiger partial charge in [0.1, 0.15) is 5.69 Å². The van der Waals surface area contributed by atoms with Crippen LogP contribution in [0.2, 0.25) is 0 Å². The van der Waals surface area contributed by atoms with E-state index in [-0.39, 0.29) is 5.69 Å². The smallest absolute Gasteiger partial charge is 0.396 e. The molecule has 21 heavy (non-hydrogen) atoms. The van der Waals surface area contributed by atoms with Crippen molar-refractivity contribution >= 4 is 11.4 Å². The Labute approximate surface area is 123 Å². The number of halogens is 3. The van der Waals surface area contributed by atoms with Crippen molar-refractivity contribution in [2.75, 3.05) is 44.4 Å². The molecule has 0 radical (unpaired) electrons. The third-order valence-electron chi connectivity index (χ3n) is 2.95. The van der Waals surface area contributed by atoms with Gasteiger partial charge < -0.3 is 15.5 Å². The molecule has 1 aromatic heterocycles. The normalized spacial score (nSPS) is 12.2.